The molecule has 0 unspecified atom stereocenters. The van der Waals surface area contributed by atoms with Crippen molar-refractivity contribution in [3.63, 3.8) is 0 Å². The van der Waals surface area contributed by atoms with Crippen molar-refractivity contribution in [3.05, 3.63) is 24.3 Å². The zero-order valence-electron chi connectivity index (χ0n) is 8.16. The maximum Gasteiger partial charge on any atom is 0.109 e. The fraction of sp³-hybridized carbons (Fsp3) is 0.273. The van der Waals surface area contributed by atoms with Crippen LogP contribution in [-0.4, -0.2) is 16.8 Å². The van der Waals surface area contributed by atoms with Crippen molar-refractivity contribution in [1.29, 1.82) is 0 Å². The molecule has 14 heavy (non-hydrogen) atoms. The summed E-state index contributed by atoms with van der Waals surface area (Å²) in [5.74, 6) is 0. The van der Waals surface area contributed by atoms with Gasteiger partial charge in [-0.2, -0.15) is 0 Å². The van der Waals surface area contributed by atoms with Gasteiger partial charge in [0.05, 0.1) is 11.4 Å². The predicted molar refractivity (Wildman–Crippen MR) is 61.6 cm³/mol. The number of rotatable bonds is 0. The lowest BCUT2D eigenvalue weighted by molar-refractivity contribution is 1.44. The van der Waals surface area contributed by atoms with Crippen molar-refractivity contribution < 1.29 is 0 Å². The monoisotopic (exact) mass is 206 g/mol. The van der Waals surface area contributed by atoms with Gasteiger partial charge in [0.15, 0.2) is 0 Å². The molecule has 0 saturated carbocycles. The van der Waals surface area contributed by atoms with Gasteiger partial charge < -0.3 is 0 Å². The highest BCUT2D eigenvalue weighted by molar-refractivity contribution is 6.43. The Hall–Kier alpha value is -1.15. The molecule has 1 aromatic carbocycles. The van der Waals surface area contributed by atoms with Crippen molar-refractivity contribution >= 4 is 34.4 Å². The van der Waals surface area contributed by atoms with Crippen LogP contribution >= 0.6 is 11.6 Å². The van der Waals surface area contributed by atoms with Crippen molar-refractivity contribution in [1.82, 2.24) is 0 Å². The Labute approximate surface area is 88.3 Å². The molecule has 2 nitrogen and oxygen atoms in total. The molecule has 0 aliphatic carbocycles. The Balaban J connectivity index is 2.62. The van der Waals surface area contributed by atoms with Crippen molar-refractivity contribution in [2.75, 3.05) is 0 Å². The van der Waals surface area contributed by atoms with E-state index in [0.29, 0.717) is 0 Å². The fourth-order valence-corrected chi connectivity index (χ4v) is 1.55. The summed E-state index contributed by atoms with van der Waals surface area (Å²) in [5.41, 5.74) is 3.59. The van der Waals surface area contributed by atoms with Gasteiger partial charge in [0.1, 0.15) is 5.38 Å². The zero-order valence-corrected chi connectivity index (χ0v) is 8.92. The van der Waals surface area contributed by atoms with Gasteiger partial charge in [-0.25, -0.2) is 0 Å². The molecule has 0 radical (unpaired) electrons. The first-order valence-corrected chi connectivity index (χ1v) is 4.95. The normalized spacial score (nSPS) is 16.8. The van der Waals surface area contributed by atoms with E-state index < -0.39 is 0 Å². The smallest absolute Gasteiger partial charge is 0.109 e. The van der Waals surface area contributed by atoms with Gasteiger partial charge in [-0.3, -0.25) is 9.98 Å². The average Bonchev–Trinajstić information content (AvgIpc) is 2.28. The van der Waals surface area contributed by atoms with E-state index in [1.54, 1.807) is 0 Å². The van der Waals surface area contributed by atoms with Crippen LogP contribution in [0.15, 0.2) is 34.3 Å². The van der Waals surface area contributed by atoms with Gasteiger partial charge in [-0.15, -0.1) is 11.6 Å². The number of halogens is 1. The minimum absolute atomic E-state index is 0.178. The molecule has 72 valence electrons. The maximum absolute atomic E-state index is 6.15. The third-order valence-corrected chi connectivity index (χ3v) is 2.84. The van der Waals surface area contributed by atoms with Crippen molar-refractivity contribution in [3.8, 4) is 0 Å². The SMILES string of the molecule is CC1=Nc2ccccc2N=C(C)C1Cl. The third kappa shape index (κ3) is 1.58. The molecule has 0 spiro atoms. The van der Waals surface area contributed by atoms with E-state index in [0.717, 1.165) is 22.8 Å². The number of para-hydroxylation sites is 2. The molecular weight excluding hydrogens is 196 g/mol. The summed E-state index contributed by atoms with van der Waals surface area (Å²) in [7, 11) is 0. The molecule has 3 heteroatoms. The van der Waals surface area contributed by atoms with Gasteiger partial charge in [-0.05, 0) is 26.0 Å². The first-order chi connectivity index (χ1) is 6.68. The Morgan fingerprint density at radius 2 is 1.43 bits per heavy atom. The lowest BCUT2D eigenvalue weighted by Crippen LogP contribution is -2.18. The molecular formula is C11H11ClN2. The number of fused-ring (bicyclic) bond motifs is 1. The van der Waals surface area contributed by atoms with E-state index in [1.807, 2.05) is 38.1 Å². The minimum atomic E-state index is -0.178. The van der Waals surface area contributed by atoms with Crippen molar-refractivity contribution in [2.45, 2.75) is 19.2 Å². The van der Waals surface area contributed by atoms with E-state index in [4.69, 9.17) is 11.6 Å². The number of benzene rings is 1. The Kier molecular flexibility index (Phi) is 2.38. The summed E-state index contributed by atoms with van der Waals surface area (Å²) in [5, 5.41) is -0.178. The second kappa shape index (κ2) is 3.54. The summed E-state index contributed by atoms with van der Waals surface area (Å²) in [6.45, 7) is 3.86. The molecule has 1 heterocycles. The van der Waals surface area contributed by atoms with E-state index in [2.05, 4.69) is 9.98 Å². The van der Waals surface area contributed by atoms with Gasteiger partial charge in [-0.1, -0.05) is 12.1 Å². The molecule has 0 fully saturated rings. The topological polar surface area (TPSA) is 24.7 Å². The number of alkyl halides is 1. The Morgan fingerprint density at radius 3 is 1.86 bits per heavy atom. The molecule has 2 rings (SSSR count). The Bertz CT molecular complexity index is 382. The molecule has 1 aliphatic heterocycles. The van der Waals surface area contributed by atoms with Crippen molar-refractivity contribution in [2.24, 2.45) is 9.98 Å². The average molecular weight is 207 g/mol. The summed E-state index contributed by atoms with van der Waals surface area (Å²) in [4.78, 5) is 8.88. The lowest BCUT2D eigenvalue weighted by atomic mass is 10.2. The molecule has 0 saturated heterocycles. The van der Waals surface area contributed by atoms with Crippen LogP contribution in [0.25, 0.3) is 0 Å². The minimum Gasteiger partial charge on any atom is -0.254 e. The summed E-state index contributed by atoms with van der Waals surface area (Å²) in [6.07, 6.45) is 0. The zero-order chi connectivity index (χ0) is 10.1. The van der Waals surface area contributed by atoms with E-state index in [9.17, 15) is 0 Å². The van der Waals surface area contributed by atoms with Crippen LogP contribution in [0.3, 0.4) is 0 Å². The van der Waals surface area contributed by atoms with Crippen LogP contribution in [0.2, 0.25) is 0 Å². The maximum atomic E-state index is 6.15. The molecule has 1 aliphatic rings. The first kappa shape index (κ1) is 9.41. The Morgan fingerprint density at radius 1 is 1.00 bits per heavy atom. The molecule has 0 aromatic heterocycles. The van der Waals surface area contributed by atoms with Crippen LogP contribution in [0.4, 0.5) is 11.4 Å². The van der Waals surface area contributed by atoms with Gasteiger partial charge in [0.25, 0.3) is 0 Å². The number of aliphatic imine (C=N–C) groups is 2. The predicted octanol–water partition coefficient (Wildman–Crippen LogP) is 3.49. The number of hydrogen-bond donors (Lipinski definition) is 0. The highest BCUT2D eigenvalue weighted by Crippen LogP contribution is 2.31. The van der Waals surface area contributed by atoms with E-state index >= 15 is 0 Å². The highest BCUT2D eigenvalue weighted by atomic mass is 35.5. The standard InChI is InChI=1S/C11H11ClN2/c1-7-11(12)8(2)14-10-6-4-3-5-9(10)13-7/h3-6,11H,1-2H3. The highest BCUT2D eigenvalue weighted by Gasteiger charge is 2.16. The summed E-state index contributed by atoms with van der Waals surface area (Å²) in [6, 6.07) is 7.80. The second-order valence-electron chi connectivity index (χ2n) is 3.36. The largest absolute Gasteiger partial charge is 0.254 e. The van der Waals surface area contributed by atoms with Crippen LogP contribution in [0.1, 0.15) is 13.8 Å². The van der Waals surface area contributed by atoms with Gasteiger partial charge >= 0.3 is 0 Å². The van der Waals surface area contributed by atoms with Crippen LogP contribution in [0, 0.1) is 0 Å². The van der Waals surface area contributed by atoms with Crippen LogP contribution < -0.4 is 0 Å². The van der Waals surface area contributed by atoms with Crippen LogP contribution in [0.5, 0.6) is 0 Å². The quantitative estimate of drug-likeness (QED) is 0.581. The van der Waals surface area contributed by atoms with Gasteiger partial charge in [0, 0.05) is 11.4 Å². The van der Waals surface area contributed by atoms with Gasteiger partial charge in [0.2, 0.25) is 0 Å². The molecule has 0 N–H and O–H groups in total. The number of nitrogens with zero attached hydrogens (tertiary/aromatic N) is 2. The van der Waals surface area contributed by atoms with E-state index in [-0.39, 0.29) is 5.38 Å². The summed E-state index contributed by atoms with van der Waals surface area (Å²) >= 11 is 6.15. The third-order valence-electron chi connectivity index (χ3n) is 2.21. The van der Waals surface area contributed by atoms with E-state index in [1.165, 1.54) is 0 Å². The molecule has 0 bridgehead atoms. The molecule has 1 aromatic rings. The molecule has 0 amide bonds. The first-order valence-electron chi connectivity index (χ1n) is 4.52. The number of hydrogen-bond acceptors (Lipinski definition) is 2. The lowest BCUT2D eigenvalue weighted by Gasteiger charge is -2.04. The second-order valence-corrected chi connectivity index (χ2v) is 3.79. The molecule has 0 atom stereocenters. The fourth-order valence-electron chi connectivity index (χ4n) is 1.45. The van der Waals surface area contributed by atoms with Crippen LogP contribution in [-0.2, 0) is 0 Å². The summed E-state index contributed by atoms with van der Waals surface area (Å²) < 4.78 is 0.